The number of methoxy groups -OCH3 is 3. The van der Waals surface area contributed by atoms with Crippen molar-refractivity contribution in [2.75, 3.05) is 34.5 Å². The third-order valence-electron chi connectivity index (χ3n) is 8.14. The summed E-state index contributed by atoms with van der Waals surface area (Å²) in [6, 6.07) is 3.57. The molecule has 1 saturated heterocycles. The Morgan fingerprint density at radius 2 is 1.62 bits per heavy atom. The molecule has 1 unspecified atom stereocenters. The van der Waals surface area contributed by atoms with E-state index >= 15 is 0 Å². The lowest BCUT2D eigenvalue weighted by atomic mass is 9.70. The molecular weight excluding hydrogens is 478 g/mol. The number of aliphatic hydroxyl groups is 1. The van der Waals surface area contributed by atoms with Crippen LogP contribution in [0.4, 0.5) is 0 Å². The molecule has 3 amide bonds. The molecule has 0 aromatic heterocycles. The van der Waals surface area contributed by atoms with Gasteiger partial charge in [0, 0.05) is 13.2 Å². The molecule has 0 bridgehead atoms. The average molecular weight is 520 g/mol. The number of nitrogens with zero attached hydrogens (tertiary/aromatic N) is 1. The highest BCUT2D eigenvalue weighted by Gasteiger charge is 2.55. The quantitative estimate of drug-likeness (QED) is 0.404. The largest absolute Gasteiger partial charge is 0.493 e. The summed E-state index contributed by atoms with van der Waals surface area (Å²) < 4.78 is 16.6. The topological polar surface area (TPSA) is 154 Å². The van der Waals surface area contributed by atoms with Gasteiger partial charge in [-0.05, 0) is 62.1 Å². The second-order valence-electron chi connectivity index (χ2n) is 10.0. The third kappa shape index (κ3) is 5.49. The smallest absolute Gasteiger partial charge is 0.244 e. The van der Waals surface area contributed by atoms with Gasteiger partial charge in [-0.25, -0.2) is 0 Å². The van der Waals surface area contributed by atoms with Crippen molar-refractivity contribution >= 4 is 17.7 Å². The molecule has 2 aliphatic rings. The summed E-state index contributed by atoms with van der Waals surface area (Å²) in [5.74, 6) is -2.21. The fourth-order valence-electron chi connectivity index (χ4n) is 6.37. The average Bonchev–Trinajstić information content (AvgIpc) is 2.91. The van der Waals surface area contributed by atoms with Crippen molar-refractivity contribution in [1.82, 2.24) is 4.90 Å². The zero-order valence-corrected chi connectivity index (χ0v) is 22.2. The van der Waals surface area contributed by atoms with Crippen LogP contribution in [0.1, 0.15) is 69.3 Å². The number of primary amides is 2. The molecule has 37 heavy (non-hydrogen) atoms. The van der Waals surface area contributed by atoms with Gasteiger partial charge in [0.2, 0.25) is 23.5 Å². The van der Waals surface area contributed by atoms with Crippen molar-refractivity contribution in [3.05, 3.63) is 17.7 Å². The Balaban J connectivity index is 2.18. The molecule has 3 rings (SSSR count). The SMILES string of the molecule is COc1cc([C@@H](C(=O)N2CCCCC2(C(N)=O)[C@@H](CCO)C(N)=O)C2CCCCC2)cc(OC)c1OC. The van der Waals surface area contributed by atoms with Gasteiger partial charge in [-0.15, -0.1) is 0 Å². The highest BCUT2D eigenvalue weighted by Crippen LogP contribution is 2.46. The molecule has 0 radical (unpaired) electrons. The van der Waals surface area contributed by atoms with Crippen LogP contribution in [0.15, 0.2) is 12.1 Å². The summed E-state index contributed by atoms with van der Waals surface area (Å²) in [6.45, 7) is -0.0891. The molecule has 0 spiro atoms. The first-order valence-corrected chi connectivity index (χ1v) is 13.1. The van der Waals surface area contributed by atoms with Crippen molar-refractivity contribution in [2.24, 2.45) is 23.3 Å². The highest BCUT2D eigenvalue weighted by molar-refractivity contribution is 5.97. The summed E-state index contributed by atoms with van der Waals surface area (Å²) in [7, 11) is 4.56. The van der Waals surface area contributed by atoms with E-state index < -0.39 is 29.2 Å². The molecule has 2 fully saturated rings. The second-order valence-corrected chi connectivity index (χ2v) is 10.0. The molecule has 1 aliphatic carbocycles. The summed E-state index contributed by atoms with van der Waals surface area (Å²) >= 11 is 0. The predicted octanol–water partition coefficient (Wildman–Crippen LogP) is 2.10. The van der Waals surface area contributed by atoms with Gasteiger partial charge in [0.15, 0.2) is 11.5 Å². The highest BCUT2D eigenvalue weighted by atomic mass is 16.5. The Morgan fingerprint density at radius 1 is 1.00 bits per heavy atom. The standard InChI is InChI=1S/C27H41N3O7/c1-35-20-15-18(16-21(36-2)23(20)37-3)22(17-9-5-4-6-10-17)25(33)30-13-8-7-12-27(30,26(29)34)19(11-14-31)24(28)32/h15-17,19,22,31H,4-14H2,1-3H3,(H2,28,32)(H2,29,34)/t19-,22-,27?/m0/s1. The summed E-state index contributed by atoms with van der Waals surface area (Å²) in [6.07, 6.45) is 6.22. The maximum Gasteiger partial charge on any atom is 0.244 e. The minimum absolute atomic E-state index is 0.0152. The van der Waals surface area contributed by atoms with Gasteiger partial charge < -0.3 is 35.7 Å². The summed E-state index contributed by atoms with van der Waals surface area (Å²) in [5.41, 5.74) is 10.8. The van der Waals surface area contributed by atoms with Gasteiger partial charge in [-0.3, -0.25) is 14.4 Å². The molecule has 10 nitrogen and oxygen atoms in total. The van der Waals surface area contributed by atoms with E-state index in [2.05, 4.69) is 0 Å². The molecule has 3 atom stereocenters. The Hall–Kier alpha value is -3.01. The Kier molecular flexibility index (Phi) is 9.64. The van der Waals surface area contributed by atoms with Crippen molar-refractivity contribution in [3.8, 4) is 17.2 Å². The Morgan fingerprint density at radius 3 is 2.11 bits per heavy atom. The molecule has 1 heterocycles. The zero-order chi connectivity index (χ0) is 27.2. The number of ether oxygens (including phenoxy) is 3. The predicted molar refractivity (Wildman–Crippen MR) is 137 cm³/mol. The van der Waals surface area contributed by atoms with E-state index in [9.17, 15) is 19.5 Å². The number of hydrogen-bond donors (Lipinski definition) is 3. The van der Waals surface area contributed by atoms with E-state index in [0.717, 1.165) is 32.1 Å². The van der Waals surface area contributed by atoms with Gasteiger partial charge in [0.05, 0.1) is 33.2 Å². The molecule has 1 aliphatic heterocycles. The van der Waals surface area contributed by atoms with Crippen molar-refractivity contribution < 1.29 is 33.7 Å². The number of nitrogens with two attached hydrogens (primary N) is 2. The molecule has 206 valence electrons. The van der Waals surface area contributed by atoms with Gasteiger partial charge in [-0.1, -0.05) is 19.3 Å². The van der Waals surface area contributed by atoms with Crippen LogP contribution >= 0.6 is 0 Å². The number of likely N-dealkylation sites (tertiary alicyclic amines) is 1. The van der Waals surface area contributed by atoms with Crippen LogP contribution < -0.4 is 25.7 Å². The Bertz CT molecular complexity index is 954. The maximum absolute atomic E-state index is 14.6. The van der Waals surface area contributed by atoms with Crippen molar-refractivity contribution in [3.63, 3.8) is 0 Å². The third-order valence-corrected chi connectivity index (χ3v) is 8.14. The number of carbonyl (C=O) groups is 3. The molecule has 1 aromatic rings. The molecule has 5 N–H and O–H groups in total. The van der Waals surface area contributed by atoms with E-state index in [-0.39, 0.29) is 37.8 Å². The van der Waals surface area contributed by atoms with Crippen LogP contribution in [0, 0.1) is 11.8 Å². The molecule has 10 heteroatoms. The van der Waals surface area contributed by atoms with Gasteiger partial charge in [0.25, 0.3) is 0 Å². The van der Waals surface area contributed by atoms with Crippen LogP contribution in [-0.2, 0) is 14.4 Å². The lowest BCUT2D eigenvalue weighted by Gasteiger charge is -2.50. The van der Waals surface area contributed by atoms with Gasteiger partial charge in [-0.2, -0.15) is 0 Å². The van der Waals surface area contributed by atoms with E-state index in [1.807, 2.05) is 0 Å². The van der Waals surface area contributed by atoms with E-state index in [4.69, 9.17) is 25.7 Å². The summed E-state index contributed by atoms with van der Waals surface area (Å²) in [5, 5.41) is 9.69. The molecular formula is C27H41N3O7. The van der Waals surface area contributed by atoms with E-state index in [1.54, 1.807) is 12.1 Å². The van der Waals surface area contributed by atoms with E-state index in [0.29, 0.717) is 35.7 Å². The first-order chi connectivity index (χ1) is 17.8. The van der Waals surface area contributed by atoms with E-state index in [1.165, 1.54) is 26.2 Å². The minimum atomic E-state index is -1.60. The zero-order valence-electron chi connectivity index (χ0n) is 22.2. The summed E-state index contributed by atoms with van der Waals surface area (Å²) in [4.78, 5) is 41.8. The lowest BCUT2D eigenvalue weighted by Crippen LogP contribution is -2.68. The van der Waals surface area contributed by atoms with Crippen LogP contribution in [0.2, 0.25) is 0 Å². The lowest BCUT2D eigenvalue weighted by molar-refractivity contribution is -0.159. The van der Waals surface area contributed by atoms with Gasteiger partial charge >= 0.3 is 0 Å². The van der Waals surface area contributed by atoms with Crippen molar-refractivity contribution in [2.45, 2.75) is 69.2 Å². The normalized spacial score (nSPS) is 22.1. The van der Waals surface area contributed by atoms with Crippen LogP contribution in [0.3, 0.4) is 0 Å². The molecule has 1 aromatic carbocycles. The Labute approximate surface area is 218 Å². The number of benzene rings is 1. The van der Waals surface area contributed by atoms with Crippen molar-refractivity contribution in [1.29, 1.82) is 0 Å². The number of rotatable bonds is 11. The number of piperidine rings is 1. The number of amides is 3. The monoisotopic (exact) mass is 519 g/mol. The number of aliphatic hydroxyl groups excluding tert-OH is 1. The molecule has 1 saturated carbocycles. The fourth-order valence-corrected chi connectivity index (χ4v) is 6.37. The minimum Gasteiger partial charge on any atom is -0.493 e. The van der Waals surface area contributed by atoms with Gasteiger partial charge in [0.1, 0.15) is 5.54 Å². The van der Waals surface area contributed by atoms with Crippen LogP contribution in [0.25, 0.3) is 0 Å². The van der Waals surface area contributed by atoms with Crippen LogP contribution in [-0.4, -0.2) is 67.7 Å². The first kappa shape index (κ1) is 28.6. The maximum atomic E-state index is 14.6. The number of hydrogen-bond acceptors (Lipinski definition) is 7. The van der Waals surface area contributed by atoms with Crippen LogP contribution in [0.5, 0.6) is 17.2 Å². The number of carbonyl (C=O) groups excluding carboxylic acids is 3. The second kappa shape index (κ2) is 12.5. The fraction of sp³-hybridized carbons (Fsp3) is 0.667. The first-order valence-electron chi connectivity index (χ1n) is 13.1.